The Bertz CT molecular complexity index is 758. The zero-order valence-electron chi connectivity index (χ0n) is 14.6. The number of rotatable bonds is 5. The Morgan fingerprint density at radius 3 is 2.50 bits per heavy atom. The van der Waals surface area contributed by atoms with E-state index in [4.69, 9.17) is 9.47 Å². The number of carbonyl (C=O) groups is 1. The molecule has 0 aromatic heterocycles. The number of ether oxygens (including phenoxy) is 2. The zero-order valence-corrected chi connectivity index (χ0v) is 14.6. The van der Waals surface area contributed by atoms with E-state index >= 15 is 0 Å². The van der Waals surface area contributed by atoms with E-state index in [-0.39, 0.29) is 17.8 Å². The molecule has 0 saturated carbocycles. The summed E-state index contributed by atoms with van der Waals surface area (Å²) < 4.78 is 37.3. The lowest BCUT2D eigenvalue weighted by Crippen LogP contribution is -2.37. The van der Waals surface area contributed by atoms with Crippen LogP contribution < -0.4 is 4.74 Å². The van der Waals surface area contributed by atoms with Crippen LogP contribution in [0.5, 0.6) is 11.5 Å². The molecule has 1 amide bonds. The van der Waals surface area contributed by atoms with Gasteiger partial charge in [0.15, 0.2) is 11.6 Å². The van der Waals surface area contributed by atoms with Crippen molar-refractivity contribution >= 4 is 5.91 Å². The average molecular weight is 361 g/mol. The summed E-state index contributed by atoms with van der Waals surface area (Å²) in [5.41, 5.74) is 0.529. The molecule has 6 heteroatoms. The van der Waals surface area contributed by atoms with Crippen molar-refractivity contribution in [3.63, 3.8) is 0 Å². The van der Waals surface area contributed by atoms with E-state index in [1.54, 1.807) is 36.2 Å². The van der Waals surface area contributed by atoms with Crippen molar-refractivity contribution in [2.75, 3.05) is 20.2 Å². The molecule has 1 heterocycles. The third kappa shape index (κ3) is 4.58. The smallest absolute Gasteiger partial charge is 0.253 e. The number of carbonyl (C=O) groups excluding carboxylic acids is 1. The van der Waals surface area contributed by atoms with E-state index in [0.717, 1.165) is 38.0 Å². The first-order valence-electron chi connectivity index (χ1n) is 8.63. The highest BCUT2D eigenvalue weighted by atomic mass is 19.2. The summed E-state index contributed by atoms with van der Waals surface area (Å²) >= 11 is 0. The molecule has 0 aliphatic carbocycles. The quantitative estimate of drug-likeness (QED) is 0.792. The molecule has 1 atom stereocenters. The highest BCUT2D eigenvalue weighted by Gasteiger charge is 2.19. The Balaban J connectivity index is 1.60. The highest BCUT2D eigenvalue weighted by Crippen LogP contribution is 2.24. The standard InChI is InChI=1S/C20H21F2NO3/c1-23(13-17-4-2-3-11-25-17)20(24)14-5-7-15(8-6-14)26-16-9-10-18(21)19(22)12-16/h5-10,12,17H,2-4,11,13H2,1H3. The van der Waals surface area contributed by atoms with Gasteiger partial charge in [0.2, 0.25) is 0 Å². The van der Waals surface area contributed by atoms with Gasteiger partial charge in [0, 0.05) is 31.8 Å². The molecule has 1 unspecified atom stereocenters. The lowest BCUT2D eigenvalue weighted by molar-refractivity contribution is -0.000188. The predicted molar refractivity (Wildman–Crippen MR) is 93.4 cm³/mol. The minimum absolute atomic E-state index is 0.0914. The summed E-state index contributed by atoms with van der Waals surface area (Å²) in [5.74, 6) is -1.37. The Morgan fingerprint density at radius 1 is 1.12 bits per heavy atom. The minimum Gasteiger partial charge on any atom is -0.457 e. The second-order valence-corrected chi connectivity index (χ2v) is 6.38. The molecule has 0 bridgehead atoms. The van der Waals surface area contributed by atoms with Crippen LogP contribution in [0.25, 0.3) is 0 Å². The van der Waals surface area contributed by atoms with Crippen molar-refractivity contribution in [2.24, 2.45) is 0 Å². The number of hydrogen-bond donors (Lipinski definition) is 0. The molecule has 1 aliphatic heterocycles. The van der Waals surface area contributed by atoms with Gasteiger partial charge in [-0.05, 0) is 55.7 Å². The Labute approximate surface area is 151 Å². The molecule has 2 aromatic rings. The van der Waals surface area contributed by atoms with Crippen LogP contribution in [-0.4, -0.2) is 37.1 Å². The Hall–Kier alpha value is -2.47. The van der Waals surface area contributed by atoms with Gasteiger partial charge in [-0.1, -0.05) is 0 Å². The molecular formula is C20H21F2NO3. The predicted octanol–water partition coefficient (Wildman–Crippen LogP) is 4.40. The fraction of sp³-hybridized carbons (Fsp3) is 0.350. The lowest BCUT2D eigenvalue weighted by Gasteiger charge is -2.27. The van der Waals surface area contributed by atoms with Crippen LogP contribution in [0.3, 0.4) is 0 Å². The van der Waals surface area contributed by atoms with Crippen molar-refractivity contribution in [1.29, 1.82) is 0 Å². The molecule has 0 radical (unpaired) electrons. The molecule has 138 valence electrons. The number of likely N-dealkylation sites (N-methyl/N-ethyl adjacent to an activating group) is 1. The van der Waals surface area contributed by atoms with Gasteiger partial charge >= 0.3 is 0 Å². The SMILES string of the molecule is CN(CC1CCCCO1)C(=O)c1ccc(Oc2ccc(F)c(F)c2)cc1. The topological polar surface area (TPSA) is 38.8 Å². The van der Waals surface area contributed by atoms with Gasteiger partial charge in [-0.2, -0.15) is 0 Å². The lowest BCUT2D eigenvalue weighted by atomic mass is 10.1. The van der Waals surface area contributed by atoms with Crippen molar-refractivity contribution in [2.45, 2.75) is 25.4 Å². The van der Waals surface area contributed by atoms with Gasteiger partial charge in [-0.3, -0.25) is 4.79 Å². The monoisotopic (exact) mass is 361 g/mol. The molecule has 1 aliphatic rings. The second kappa shape index (κ2) is 8.27. The summed E-state index contributed by atoms with van der Waals surface area (Å²) in [6, 6.07) is 9.87. The van der Waals surface area contributed by atoms with Gasteiger partial charge in [-0.15, -0.1) is 0 Å². The van der Waals surface area contributed by atoms with Gasteiger partial charge in [-0.25, -0.2) is 8.78 Å². The normalized spacial score (nSPS) is 17.0. The van der Waals surface area contributed by atoms with Gasteiger partial charge < -0.3 is 14.4 Å². The van der Waals surface area contributed by atoms with Crippen molar-refractivity contribution in [3.8, 4) is 11.5 Å². The number of benzene rings is 2. The Kier molecular flexibility index (Phi) is 5.83. The van der Waals surface area contributed by atoms with Gasteiger partial charge in [0.05, 0.1) is 6.10 Å². The summed E-state index contributed by atoms with van der Waals surface area (Å²) in [5, 5.41) is 0. The van der Waals surface area contributed by atoms with Crippen LogP contribution in [0.15, 0.2) is 42.5 Å². The molecular weight excluding hydrogens is 340 g/mol. The maximum Gasteiger partial charge on any atom is 0.253 e. The molecule has 0 N–H and O–H groups in total. The summed E-state index contributed by atoms with van der Waals surface area (Å²) in [6.45, 7) is 1.31. The molecule has 4 nitrogen and oxygen atoms in total. The van der Waals surface area contributed by atoms with E-state index in [1.807, 2.05) is 0 Å². The number of nitrogens with zero attached hydrogens (tertiary/aromatic N) is 1. The van der Waals surface area contributed by atoms with E-state index in [2.05, 4.69) is 0 Å². The van der Waals surface area contributed by atoms with Crippen LogP contribution in [0.2, 0.25) is 0 Å². The number of halogens is 2. The maximum atomic E-state index is 13.2. The average Bonchev–Trinajstić information content (AvgIpc) is 2.65. The van der Waals surface area contributed by atoms with Crippen LogP contribution in [0.1, 0.15) is 29.6 Å². The van der Waals surface area contributed by atoms with E-state index < -0.39 is 11.6 Å². The fourth-order valence-electron chi connectivity index (χ4n) is 2.90. The molecule has 1 saturated heterocycles. The van der Waals surface area contributed by atoms with Gasteiger partial charge in [0.1, 0.15) is 11.5 Å². The zero-order chi connectivity index (χ0) is 18.5. The second-order valence-electron chi connectivity index (χ2n) is 6.38. The molecule has 26 heavy (non-hydrogen) atoms. The first-order valence-corrected chi connectivity index (χ1v) is 8.63. The van der Waals surface area contributed by atoms with Crippen LogP contribution in [0, 0.1) is 11.6 Å². The van der Waals surface area contributed by atoms with E-state index in [9.17, 15) is 13.6 Å². The van der Waals surface area contributed by atoms with E-state index in [1.165, 1.54) is 6.07 Å². The summed E-state index contributed by atoms with van der Waals surface area (Å²) in [4.78, 5) is 14.2. The van der Waals surface area contributed by atoms with Crippen LogP contribution >= 0.6 is 0 Å². The first-order chi connectivity index (χ1) is 12.5. The van der Waals surface area contributed by atoms with Crippen LogP contribution in [-0.2, 0) is 4.74 Å². The highest BCUT2D eigenvalue weighted by molar-refractivity contribution is 5.94. The molecule has 2 aromatic carbocycles. The van der Waals surface area contributed by atoms with Crippen molar-refractivity contribution in [3.05, 3.63) is 59.7 Å². The third-order valence-corrected chi connectivity index (χ3v) is 4.33. The molecule has 3 rings (SSSR count). The van der Waals surface area contributed by atoms with Crippen molar-refractivity contribution < 1.29 is 23.0 Å². The van der Waals surface area contributed by atoms with Crippen molar-refractivity contribution in [1.82, 2.24) is 4.90 Å². The Morgan fingerprint density at radius 2 is 1.85 bits per heavy atom. The molecule has 0 spiro atoms. The summed E-state index contributed by atoms with van der Waals surface area (Å²) in [7, 11) is 1.76. The number of amides is 1. The maximum absolute atomic E-state index is 13.2. The number of hydrogen-bond acceptors (Lipinski definition) is 3. The third-order valence-electron chi connectivity index (χ3n) is 4.33. The largest absolute Gasteiger partial charge is 0.457 e. The molecule has 1 fully saturated rings. The van der Waals surface area contributed by atoms with Crippen LogP contribution in [0.4, 0.5) is 8.78 Å². The first kappa shape index (κ1) is 18.3. The fourth-order valence-corrected chi connectivity index (χ4v) is 2.90. The van der Waals surface area contributed by atoms with Gasteiger partial charge in [0.25, 0.3) is 5.91 Å². The summed E-state index contributed by atoms with van der Waals surface area (Å²) in [6.07, 6.45) is 3.27. The minimum atomic E-state index is -0.971. The van der Waals surface area contributed by atoms with E-state index in [0.29, 0.717) is 17.9 Å².